The third-order valence-electron chi connectivity index (χ3n) is 4.12. The number of fused-ring (bicyclic) bond motifs is 1. The van der Waals surface area contributed by atoms with Crippen molar-refractivity contribution in [1.29, 1.82) is 0 Å². The van der Waals surface area contributed by atoms with E-state index >= 15 is 0 Å². The lowest BCUT2D eigenvalue weighted by Crippen LogP contribution is -2.23. The topological polar surface area (TPSA) is 57.8 Å². The van der Waals surface area contributed by atoms with Gasteiger partial charge < -0.3 is 10.3 Å². The van der Waals surface area contributed by atoms with Crippen LogP contribution in [0.2, 0.25) is 0 Å². The second-order valence-corrected chi connectivity index (χ2v) is 7.21. The maximum atomic E-state index is 12.3. The van der Waals surface area contributed by atoms with Crippen molar-refractivity contribution in [2.45, 2.75) is 39.7 Å². The number of amides is 1. The van der Waals surface area contributed by atoms with Crippen LogP contribution in [-0.4, -0.2) is 15.9 Å². The van der Waals surface area contributed by atoms with Crippen LogP contribution in [0.5, 0.6) is 0 Å². The van der Waals surface area contributed by atoms with Gasteiger partial charge in [-0.2, -0.15) is 0 Å². The van der Waals surface area contributed by atoms with E-state index in [9.17, 15) is 4.79 Å². The summed E-state index contributed by atoms with van der Waals surface area (Å²) >= 11 is 0. The third kappa shape index (κ3) is 3.48. The summed E-state index contributed by atoms with van der Waals surface area (Å²) in [4.78, 5) is 20.0. The molecule has 1 aromatic heterocycles. The Morgan fingerprint density at radius 2 is 1.83 bits per heavy atom. The van der Waals surface area contributed by atoms with Crippen molar-refractivity contribution in [3.8, 4) is 0 Å². The van der Waals surface area contributed by atoms with Crippen molar-refractivity contribution in [2.24, 2.45) is 0 Å². The SMILES string of the molecule is Cc1ccc2nc(CNC(=O)c3ccc(C(C)(C)C)cc3)[nH]c2c1. The Labute approximate surface area is 142 Å². The van der Waals surface area contributed by atoms with E-state index in [4.69, 9.17) is 0 Å². The number of rotatable bonds is 3. The molecule has 0 aliphatic heterocycles. The molecule has 0 saturated heterocycles. The lowest BCUT2D eigenvalue weighted by atomic mass is 9.87. The van der Waals surface area contributed by atoms with E-state index < -0.39 is 0 Å². The van der Waals surface area contributed by atoms with Crippen molar-refractivity contribution >= 4 is 16.9 Å². The first-order valence-corrected chi connectivity index (χ1v) is 8.17. The largest absolute Gasteiger partial charge is 0.345 e. The highest BCUT2D eigenvalue weighted by molar-refractivity contribution is 5.94. The quantitative estimate of drug-likeness (QED) is 0.763. The highest BCUT2D eigenvalue weighted by atomic mass is 16.1. The summed E-state index contributed by atoms with van der Waals surface area (Å²) in [6.07, 6.45) is 0. The summed E-state index contributed by atoms with van der Waals surface area (Å²) in [5.74, 6) is 0.669. The molecule has 0 spiro atoms. The van der Waals surface area contributed by atoms with Crippen molar-refractivity contribution in [2.75, 3.05) is 0 Å². The molecule has 1 heterocycles. The minimum absolute atomic E-state index is 0.0847. The highest BCUT2D eigenvalue weighted by Crippen LogP contribution is 2.22. The van der Waals surface area contributed by atoms with Crippen LogP contribution in [0.3, 0.4) is 0 Å². The summed E-state index contributed by atoms with van der Waals surface area (Å²) in [6.45, 7) is 8.90. The van der Waals surface area contributed by atoms with E-state index in [-0.39, 0.29) is 11.3 Å². The van der Waals surface area contributed by atoms with Gasteiger partial charge in [0.25, 0.3) is 5.91 Å². The number of nitrogens with one attached hydrogen (secondary N) is 2. The smallest absolute Gasteiger partial charge is 0.251 e. The Morgan fingerprint density at radius 1 is 1.12 bits per heavy atom. The minimum atomic E-state index is -0.0907. The second kappa shape index (κ2) is 6.11. The van der Waals surface area contributed by atoms with E-state index in [0.717, 1.165) is 16.9 Å². The number of H-pyrrole nitrogens is 1. The van der Waals surface area contributed by atoms with Crippen LogP contribution < -0.4 is 5.32 Å². The van der Waals surface area contributed by atoms with Crippen molar-refractivity contribution in [3.05, 3.63) is 65.0 Å². The Bertz CT molecular complexity index is 870. The average Bonchev–Trinajstić information content (AvgIpc) is 2.94. The molecule has 0 aliphatic carbocycles. The molecular weight excluding hydrogens is 298 g/mol. The summed E-state index contributed by atoms with van der Waals surface area (Å²) in [5, 5.41) is 2.92. The monoisotopic (exact) mass is 321 g/mol. The molecule has 0 aliphatic rings. The van der Waals surface area contributed by atoms with Crippen LogP contribution in [0.4, 0.5) is 0 Å². The zero-order chi connectivity index (χ0) is 17.3. The Balaban J connectivity index is 1.68. The molecule has 2 N–H and O–H groups in total. The molecule has 3 aromatic rings. The number of aryl methyl sites for hydroxylation is 1. The van der Waals surface area contributed by atoms with Gasteiger partial charge in [0.1, 0.15) is 5.82 Å². The number of carbonyl (C=O) groups is 1. The first-order chi connectivity index (χ1) is 11.3. The van der Waals surface area contributed by atoms with Crippen molar-refractivity contribution in [3.63, 3.8) is 0 Å². The number of benzene rings is 2. The molecule has 0 unspecified atom stereocenters. The summed E-state index contributed by atoms with van der Waals surface area (Å²) in [5.41, 5.74) is 5.05. The summed E-state index contributed by atoms with van der Waals surface area (Å²) in [6, 6.07) is 13.8. The lowest BCUT2D eigenvalue weighted by molar-refractivity contribution is 0.0950. The Kier molecular flexibility index (Phi) is 4.14. The van der Waals surface area contributed by atoms with Gasteiger partial charge in [-0.05, 0) is 47.7 Å². The maximum absolute atomic E-state index is 12.3. The van der Waals surface area contributed by atoms with E-state index in [2.05, 4.69) is 42.1 Å². The van der Waals surface area contributed by atoms with Crippen LogP contribution in [0.1, 0.15) is 48.1 Å². The Morgan fingerprint density at radius 3 is 2.50 bits per heavy atom. The molecule has 0 radical (unpaired) electrons. The summed E-state index contributed by atoms with van der Waals surface area (Å²) in [7, 11) is 0. The molecule has 0 bridgehead atoms. The van der Waals surface area contributed by atoms with E-state index in [1.807, 2.05) is 43.3 Å². The van der Waals surface area contributed by atoms with Gasteiger partial charge in [-0.1, -0.05) is 39.0 Å². The standard InChI is InChI=1S/C20H23N3O/c1-13-5-10-16-17(11-13)23-18(22-16)12-21-19(24)14-6-8-15(9-7-14)20(2,3)4/h5-11H,12H2,1-4H3,(H,21,24)(H,22,23). The van der Waals surface area contributed by atoms with Gasteiger partial charge in [0.05, 0.1) is 17.6 Å². The molecule has 4 nitrogen and oxygen atoms in total. The van der Waals surface area contributed by atoms with E-state index in [1.54, 1.807) is 0 Å². The van der Waals surface area contributed by atoms with Gasteiger partial charge in [0, 0.05) is 5.56 Å². The number of nitrogens with zero attached hydrogens (tertiary/aromatic N) is 1. The first-order valence-electron chi connectivity index (χ1n) is 8.17. The number of carbonyl (C=O) groups excluding carboxylic acids is 1. The maximum Gasteiger partial charge on any atom is 0.251 e. The normalized spacial score (nSPS) is 11.7. The van der Waals surface area contributed by atoms with Crippen molar-refractivity contribution in [1.82, 2.24) is 15.3 Å². The highest BCUT2D eigenvalue weighted by Gasteiger charge is 2.14. The van der Waals surface area contributed by atoms with Crippen LogP contribution in [0.25, 0.3) is 11.0 Å². The molecule has 0 fully saturated rings. The molecule has 0 atom stereocenters. The number of aromatic nitrogens is 2. The molecule has 24 heavy (non-hydrogen) atoms. The van der Waals surface area contributed by atoms with Gasteiger partial charge >= 0.3 is 0 Å². The molecule has 3 rings (SSSR count). The number of aromatic amines is 1. The molecular formula is C20H23N3O. The molecule has 4 heteroatoms. The molecule has 1 amide bonds. The zero-order valence-corrected chi connectivity index (χ0v) is 14.6. The predicted octanol–water partition coefficient (Wildman–Crippen LogP) is 4.10. The molecule has 124 valence electrons. The van der Waals surface area contributed by atoms with Gasteiger partial charge in [-0.15, -0.1) is 0 Å². The van der Waals surface area contributed by atoms with Crippen LogP contribution >= 0.6 is 0 Å². The van der Waals surface area contributed by atoms with Crippen LogP contribution in [0.15, 0.2) is 42.5 Å². The fourth-order valence-corrected chi connectivity index (χ4v) is 2.65. The van der Waals surface area contributed by atoms with Crippen molar-refractivity contribution < 1.29 is 4.79 Å². The third-order valence-corrected chi connectivity index (χ3v) is 4.12. The van der Waals surface area contributed by atoms with E-state index in [1.165, 1.54) is 11.1 Å². The predicted molar refractivity (Wildman–Crippen MR) is 97.1 cm³/mol. The number of hydrogen-bond donors (Lipinski definition) is 2. The van der Waals surface area contributed by atoms with Gasteiger partial charge in [-0.25, -0.2) is 4.98 Å². The molecule has 0 saturated carbocycles. The van der Waals surface area contributed by atoms with Crippen LogP contribution in [0, 0.1) is 6.92 Å². The number of imidazole rings is 1. The van der Waals surface area contributed by atoms with Gasteiger partial charge in [0.2, 0.25) is 0 Å². The average molecular weight is 321 g/mol. The molecule has 2 aromatic carbocycles. The zero-order valence-electron chi connectivity index (χ0n) is 14.6. The fourth-order valence-electron chi connectivity index (χ4n) is 2.65. The first kappa shape index (κ1) is 16.2. The number of hydrogen-bond acceptors (Lipinski definition) is 2. The summed E-state index contributed by atoms with van der Waals surface area (Å²) < 4.78 is 0. The lowest BCUT2D eigenvalue weighted by Gasteiger charge is -2.19. The fraction of sp³-hybridized carbons (Fsp3) is 0.300. The van der Waals surface area contributed by atoms with Crippen LogP contribution in [-0.2, 0) is 12.0 Å². The van der Waals surface area contributed by atoms with Gasteiger partial charge in [0.15, 0.2) is 0 Å². The van der Waals surface area contributed by atoms with Gasteiger partial charge in [-0.3, -0.25) is 4.79 Å². The second-order valence-electron chi connectivity index (χ2n) is 7.21. The Hall–Kier alpha value is -2.62. The van der Waals surface area contributed by atoms with E-state index in [0.29, 0.717) is 12.1 Å². The minimum Gasteiger partial charge on any atom is -0.345 e.